The van der Waals surface area contributed by atoms with Gasteiger partial charge in [-0.1, -0.05) is 18.6 Å². The van der Waals surface area contributed by atoms with Crippen LogP contribution in [-0.4, -0.2) is 24.4 Å². The number of carbonyl (C=O) groups excluding carboxylic acids is 2. The van der Waals surface area contributed by atoms with Crippen LogP contribution in [0.2, 0.25) is 0 Å². The van der Waals surface area contributed by atoms with Crippen LogP contribution in [0, 0.1) is 5.92 Å². The summed E-state index contributed by atoms with van der Waals surface area (Å²) >= 11 is 0. The van der Waals surface area contributed by atoms with Gasteiger partial charge in [-0.3, -0.25) is 9.59 Å². The first kappa shape index (κ1) is 16.5. The normalized spacial score (nSPS) is 20.6. The highest BCUT2D eigenvalue weighted by atomic mass is 16.2. The Balaban J connectivity index is 1.69. The van der Waals surface area contributed by atoms with E-state index < -0.39 is 0 Å². The molecule has 0 saturated heterocycles. The number of benzene rings is 1. The predicted molar refractivity (Wildman–Crippen MR) is 87.4 cm³/mol. The van der Waals surface area contributed by atoms with Crippen molar-refractivity contribution in [2.24, 2.45) is 11.7 Å². The average Bonchev–Trinajstić information content (AvgIpc) is 2.85. The molecule has 2 atom stereocenters. The Labute approximate surface area is 131 Å². The maximum Gasteiger partial charge on any atom is 0.221 e. The van der Waals surface area contributed by atoms with Crippen LogP contribution in [0.25, 0.3) is 0 Å². The lowest BCUT2D eigenvalue weighted by Gasteiger charge is -2.14. The predicted octanol–water partition coefficient (Wildman–Crippen LogP) is 1.82. The second-order valence-corrected chi connectivity index (χ2v) is 6.04. The smallest absolute Gasteiger partial charge is 0.221 e. The largest absolute Gasteiger partial charge is 0.356 e. The summed E-state index contributed by atoms with van der Waals surface area (Å²) in [6.45, 7) is 2.11. The molecular formula is C17H25N3O2. The van der Waals surface area contributed by atoms with E-state index >= 15 is 0 Å². The van der Waals surface area contributed by atoms with Crippen molar-refractivity contribution in [3.05, 3.63) is 29.8 Å². The molecular weight excluding hydrogens is 278 g/mol. The zero-order valence-corrected chi connectivity index (χ0v) is 13.1. The fraction of sp³-hybridized carbons (Fsp3) is 0.529. The van der Waals surface area contributed by atoms with E-state index in [9.17, 15) is 9.59 Å². The fourth-order valence-corrected chi connectivity index (χ4v) is 2.93. The molecule has 2 rings (SSSR count). The fourth-order valence-electron chi connectivity index (χ4n) is 2.93. The first-order valence-corrected chi connectivity index (χ1v) is 7.93. The maximum atomic E-state index is 11.9. The van der Waals surface area contributed by atoms with E-state index in [2.05, 4.69) is 10.6 Å². The topological polar surface area (TPSA) is 84.2 Å². The summed E-state index contributed by atoms with van der Waals surface area (Å²) in [5.74, 6) is 0.360. The van der Waals surface area contributed by atoms with Gasteiger partial charge in [0.1, 0.15) is 0 Å². The van der Waals surface area contributed by atoms with E-state index in [-0.39, 0.29) is 17.9 Å². The van der Waals surface area contributed by atoms with Gasteiger partial charge >= 0.3 is 0 Å². The Morgan fingerprint density at radius 2 is 1.95 bits per heavy atom. The SMILES string of the molecule is CC(=O)Nc1ccc(CCNC(=O)C[C@@H]2CCC[C@H]2N)cc1. The second kappa shape index (κ2) is 7.94. The highest BCUT2D eigenvalue weighted by Crippen LogP contribution is 2.26. The van der Waals surface area contributed by atoms with Crippen molar-refractivity contribution in [2.75, 3.05) is 11.9 Å². The molecule has 1 aromatic carbocycles. The number of nitrogens with two attached hydrogens (primary N) is 1. The van der Waals surface area contributed by atoms with Crippen LogP contribution in [-0.2, 0) is 16.0 Å². The molecule has 0 bridgehead atoms. The van der Waals surface area contributed by atoms with E-state index in [1.165, 1.54) is 6.92 Å². The van der Waals surface area contributed by atoms with Crippen molar-refractivity contribution in [3.63, 3.8) is 0 Å². The van der Waals surface area contributed by atoms with E-state index in [0.29, 0.717) is 18.9 Å². The highest BCUT2D eigenvalue weighted by molar-refractivity contribution is 5.88. The van der Waals surface area contributed by atoms with Crippen molar-refractivity contribution in [1.82, 2.24) is 5.32 Å². The first-order valence-electron chi connectivity index (χ1n) is 7.93. The van der Waals surface area contributed by atoms with Gasteiger partial charge in [0.15, 0.2) is 0 Å². The van der Waals surface area contributed by atoms with E-state index in [1.54, 1.807) is 0 Å². The first-order chi connectivity index (χ1) is 10.5. The van der Waals surface area contributed by atoms with Crippen molar-refractivity contribution in [3.8, 4) is 0 Å². The molecule has 0 spiro atoms. The molecule has 5 heteroatoms. The number of hydrogen-bond acceptors (Lipinski definition) is 3. The van der Waals surface area contributed by atoms with Crippen LogP contribution in [0.3, 0.4) is 0 Å². The number of hydrogen-bond donors (Lipinski definition) is 3. The van der Waals surface area contributed by atoms with Gasteiger partial charge in [-0.25, -0.2) is 0 Å². The molecule has 1 aliphatic carbocycles. The summed E-state index contributed by atoms with van der Waals surface area (Å²) in [4.78, 5) is 22.8. The zero-order chi connectivity index (χ0) is 15.9. The molecule has 120 valence electrons. The Morgan fingerprint density at radius 1 is 1.23 bits per heavy atom. The van der Waals surface area contributed by atoms with E-state index in [1.807, 2.05) is 24.3 Å². The van der Waals surface area contributed by atoms with Gasteiger partial charge in [-0.15, -0.1) is 0 Å². The molecule has 0 heterocycles. The van der Waals surface area contributed by atoms with Crippen molar-refractivity contribution in [2.45, 2.75) is 45.1 Å². The molecule has 0 aliphatic heterocycles. The lowest BCUT2D eigenvalue weighted by Crippen LogP contribution is -2.32. The van der Waals surface area contributed by atoms with Gasteiger partial charge in [-0.05, 0) is 42.9 Å². The number of amides is 2. The Kier molecular flexibility index (Phi) is 5.95. The molecule has 1 aromatic rings. The Morgan fingerprint density at radius 3 is 2.55 bits per heavy atom. The molecule has 22 heavy (non-hydrogen) atoms. The third-order valence-corrected chi connectivity index (χ3v) is 4.18. The average molecular weight is 303 g/mol. The summed E-state index contributed by atoms with van der Waals surface area (Å²) in [6, 6.07) is 7.85. The third kappa shape index (κ3) is 5.15. The Bertz CT molecular complexity index is 513. The van der Waals surface area contributed by atoms with Gasteiger partial charge in [-0.2, -0.15) is 0 Å². The number of carbonyl (C=O) groups is 2. The van der Waals surface area contributed by atoms with Crippen molar-refractivity contribution < 1.29 is 9.59 Å². The van der Waals surface area contributed by atoms with Crippen LogP contribution >= 0.6 is 0 Å². The molecule has 5 nitrogen and oxygen atoms in total. The molecule has 0 unspecified atom stereocenters. The van der Waals surface area contributed by atoms with Crippen LogP contribution in [0.1, 0.15) is 38.2 Å². The summed E-state index contributed by atoms with van der Waals surface area (Å²) in [7, 11) is 0. The standard InChI is InChI=1S/C17H25N3O2/c1-12(21)20-15-7-5-13(6-8-15)9-10-19-17(22)11-14-3-2-4-16(14)18/h5-8,14,16H,2-4,9-11,18H2,1H3,(H,19,22)(H,20,21)/t14-,16+/m0/s1. The maximum absolute atomic E-state index is 11.9. The molecule has 4 N–H and O–H groups in total. The number of nitrogens with one attached hydrogen (secondary N) is 2. The zero-order valence-electron chi connectivity index (χ0n) is 13.1. The van der Waals surface area contributed by atoms with Gasteiger partial charge in [0.05, 0.1) is 0 Å². The van der Waals surface area contributed by atoms with E-state index in [4.69, 9.17) is 5.73 Å². The number of rotatable bonds is 6. The quantitative estimate of drug-likeness (QED) is 0.749. The van der Waals surface area contributed by atoms with Crippen LogP contribution < -0.4 is 16.4 Å². The van der Waals surface area contributed by atoms with E-state index in [0.717, 1.165) is 36.9 Å². The minimum Gasteiger partial charge on any atom is -0.356 e. The summed E-state index contributed by atoms with van der Waals surface area (Å²) in [5.41, 5.74) is 7.90. The molecule has 1 aliphatic rings. The minimum atomic E-state index is -0.0786. The second-order valence-electron chi connectivity index (χ2n) is 6.04. The molecule has 0 aromatic heterocycles. The van der Waals surface area contributed by atoms with Gasteiger partial charge in [0.25, 0.3) is 0 Å². The van der Waals surface area contributed by atoms with Crippen molar-refractivity contribution in [1.29, 1.82) is 0 Å². The van der Waals surface area contributed by atoms with Crippen LogP contribution in [0.15, 0.2) is 24.3 Å². The van der Waals surface area contributed by atoms with Crippen LogP contribution in [0.5, 0.6) is 0 Å². The Hall–Kier alpha value is -1.88. The lowest BCUT2D eigenvalue weighted by molar-refractivity contribution is -0.122. The lowest BCUT2D eigenvalue weighted by atomic mass is 10.00. The highest BCUT2D eigenvalue weighted by Gasteiger charge is 2.25. The summed E-state index contributed by atoms with van der Waals surface area (Å²) in [6.07, 6.45) is 4.57. The minimum absolute atomic E-state index is 0.0786. The monoisotopic (exact) mass is 303 g/mol. The molecule has 1 saturated carbocycles. The third-order valence-electron chi connectivity index (χ3n) is 4.18. The van der Waals surface area contributed by atoms with Gasteiger partial charge < -0.3 is 16.4 Å². The number of anilines is 1. The van der Waals surface area contributed by atoms with Crippen molar-refractivity contribution >= 4 is 17.5 Å². The molecule has 2 amide bonds. The van der Waals surface area contributed by atoms with Gasteiger partial charge in [0.2, 0.25) is 11.8 Å². The molecule has 0 radical (unpaired) electrons. The summed E-state index contributed by atoms with van der Waals surface area (Å²) in [5, 5.41) is 5.69. The van der Waals surface area contributed by atoms with Crippen LogP contribution in [0.4, 0.5) is 5.69 Å². The molecule has 1 fully saturated rings. The summed E-state index contributed by atoms with van der Waals surface area (Å²) < 4.78 is 0. The van der Waals surface area contributed by atoms with Gasteiger partial charge in [0, 0.05) is 31.6 Å².